The lowest BCUT2D eigenvalue weighted by atomic mass is 10.2. The number of hydrogen-bond acceptors (Lipinski definition) is 3. The number of benzene rings is 1. The molecule has 6 heteroatoms. The Hall–Kier alpha value is -1.53. The first kappa shape index (κ1) is 15.9. The number of fused-ring (bicyclic) bond motifs is 1. The van der Waals surface area contributed by atoms with E-state index in [9.17, 15) is 9.18 Å². The third-order valence-electron chi connectivity index (χ3n) is 3.13. The Labute approximate surface area is 126 Å². The molecular weight excluding hydrogens is 291 g/mol. The molecule has 4 nitrogen and oxygen atoms in total. The fourth-order valence-electron chi connectivity index (χ4n) is 2.02. The molecule has 0 atom stereocenters. The van der Waals surface area contributed by atoms with Crippen molar-refractivity contribution >= 4 is 27.5 Å². The van der Waals surface area contributed by atoms with Crippen molar-refractivity contribution in [1.29, 1.82) is 0 Å². The summed E-state index contributed by atoms with van der Waals surface area (Å²) in [6.07, 6.45) is 2.24. The Kier molecular flexibility index (Phi) is 5.64. The van der Waals surface area contributed by atoms with Crippen molar-refractivity contribution in [2.24, 2.45) is 4.99 Å². The summed E-state index contributed by atoms with van der Waals surface area (Å²) in [6, 6.07) is 4.60. The molecule has 0 aliphatic heterocycles. The van der Waals surface area contributed by atoms with Gasteiger partial charge in [0.05, 0.1) is 16.8 Å². The van der Waals surface area contributed by atoms with Crippen LogP contribution in [0.4, 0.5) is 4.39 Å². The van der Waals surface area contributed by atoms with E-state index in [-0.39, 0.29) is 11.7 Å². The van der Waals surface area contributed by atoms with Crippen LogP contribution in [0.5, 0.6) is 0 Å². The molecule has 1 heterocycles. The first-order valence-corrected chi connectivity index (χ1v) is 7.82. The second-order valence-corrected chi connectivity index (χ2v) is 5.76. The normalized spacial score (nSPS) is 12.2. The zero-order chi connectivity index (χ0) is 15.2. The summed E-state index contributed by atoms with van der Waals surface area (Å²) in [6.45, 7) is 3.13. The molecule has 0 aliphatic carbocycles. The van der Waals surface area contributed by atoms with Crippen molar-refractivity contribution in [3.8, 4) is 0 Å². The third-order valence-corrected chi connectivity index (χ3v) is 4.17. The van der Waals surface area contributed by atoms with Gasteiger partial charge in [-0.1, -0.05) is 24.7 Å². The van der Waals surface area contributed by atoms with Gasteiger partial charge in [-0.3, -0.25) is 4.79 Å². The highest BCUT2D eigenvalue weighted by Crippen LogP contribution is 2.18. The highest BCUT2D eigenvalue weighted by Gasteiger charge is 2.08. The molecule has 0 saturated heterocycles. The number of amides is 1. The maximum atomic E-state index is 13.3. The lowest BCUT2D eigenvalue weighted by Gasteiger charge is -2.04. The molecule has 2 rings (SSSR count). The number of nitrogens with zero attached hydrogens (tertiary/aromatic N) is 2. The number of carbonyl (C=O) groups is 1. The molecule has 0 saturated carbocycles. The van der Waals surface area contributed by atoms with Crippen LogP contribution in [0.1, 0.15) is 26.2 Å². The second-order valence-electron chi connectivity index (χ2n) is 4.75. The molecule has 0 spiro atoms. The minimum Gasteiger partial charge on any atom is -0.383 e. The molecule has 0 radical (unpaired) electrons. The maximum Gasteiger partial charge on any atom is 0.248 e. The maximum absolute atomic E-state index is 13.3. The van der Waals surface area contributed by atoms with Crippen LogP contribution in [0, 0.1) is 5.82 Å². The number of rotatable bonds is 6. The molecule has 2 aromatic rings. The van der Waals surface area contributed by atoms with E-state index in [1.54, 1.807) is 13.2 Å². The quantitative estimate of drug-likeness (QED) is 0.823. The molecule has 0 unspecified atom stereocenters. The zero-order valence-electron chi connectivity index (χ0n) is 12.3. The van der Waals surface area contributed by atoms with Crippen LogP contribution in [0.25, 0.3) is 10.2 Å². The Morgan fingerprint density at radius 2 is 2.29 bits per heavy atom. The Morgan fingerprint density at radius 1 is 1.48 bits per heavy atom. The van der Waals surface area contributed by atoms with Gasteiger partial charge in [-0.05, 0) is 24.6 Å². The minimum atomic E-state index is -0.286. The van der Waals surface area contributed by atoms with Gasteiger partial charge in [0, 0.05) is 20.1 Å². The Bertz CT molecular complexity index is 691. The number of unbranched alkanes of at least 4 members (excludes halogenated alkanes) is 1. The van der Waals surface area contributed by atoms with Crippen molar-refractivity contribution in [2.75, 3.05) is 13.7 Å². The molecule has 1 aromatic carbocycles. The van der Waals surface area contributed by atoms with Gasteiger partial charge >= 0.3 is 0 Å². The van der Waals surface area contributed by atoms with E-state index in [2.05, 4.69) is 4.99 Å². The molecule has 0 N–H and O–H groups in total. The van der Waals surface area contributed by atoms with Gasteiger partial charge in [0.2, 0.25) is 5.91 Å². The van der Waals surface area contributed by atoms with Crippen LogP contribution in [-0.4, -0.2) is 24.2 Å². The van der Waals surface area contributed by atoms with Crippen molar-refractivity contribution < 1.29 is 13.9 Å². The average Bonchev–Trinajstić information content (AvgIpc) is 2.79. The van der Waals surface area contributed by atoms with Crippen molar-refractivity contribution in [3.63, 3.8) is 0 Å². The summed E-state index contributed by atoms with van der Waals surface area (Å²) in [5.74, 6) is -0.415. The lowest BCUT2D eigenvalue weighted by molar-refractivity contribution is -0.118. The SMILES string of the molecule is CCCCC(=O)N=c1sc2cc(F)ccc2n1CCOC. The molecule has 1 aromatic heterocycles. The Morgan fingerprint density at radius 3 is 3.00 bits per heavy atom. The fraction of sp³-hybridized carbons (Fsp3) is 0.467. The van der Waals surface area contributed by atoms with Gasteiger partial charge in [-0.25, -0.2) is 4.39 Å². The number of aromatic nitrogens is 1. The van der Waals surface area contributed by atoms with Gasteiger partial charge in [0.25, 0.3) is 0 Å². The first-order chi connectivity index (χ1) is 10.2. The van der Waals surface area contributed by atoms with E-state index in [0.717, 1.165) is 23.1 Å². The van der Waals surface area contributed by atoms with Crippen molar-refractivity contribution in [3.05, 3.63) is 28.8 Å². The van der Waals surface area contributed by atoms with Gasteiger partial charge in [0.1, 0.15) is 5.82 Å². The highest BCUT2D eigenvalue weighted by atomic mass is 32.1. The van der Waals surface area contributed by atoms with Gasteiger partial charge in [-0.2, -0.15) is 4.99 Å². The zero-order valence-corrected chi connectivity index (χ0v) is 13.1. The monoisotopic (exact) mass is 310 g/mol. The minimum absolute atomic E-state index is 0.130. The molecule has 1 amide bonds. The lowest BCUT2D eigenvalue weighted by Crippen LogP contribution is -2.19. The van der Waals surface area contributed by atoms with E-state index < -0.39 is 0 Å². The number of hydrogen-bond donors (Lipinski definition) is 0. The van der Waals surface area contributed by atoms with Crippen molar-refractivity contribution in [2.45, 2.75) is 32.7 Å². The average molecular weight is 310 g/mol. The molecular formula is C15H19FN2O2S. The summed E-state index contributed by atoms with van der Waals surface area (Å²) in [7, 11) is 1.62. The topological polar surface area (TPSA) is 43.6 Å². The molecule has 21 heavy (non-hydrogen) atoms. The third kappa shape index (κ3) is 3.98. The van der Waals surface area contributed by atoms with Crippen LogP contribution >= 0.6 is 11.3 Å². The van der Waals surface area contributed by atoms with Crippen LogP contribution < -0.4 is 4.80 Å². The predicted octanol–water partition coefficient (Wildman–Crippen LogP) is 3.11. The van der Waals surface area contributed by atoms with E-state index >= 15 is 0 Å². The van der Waals surface area contributed by atoms with Gasteiger partial charge in [0.15, 0.2) is 4.80 Å². The van der Waals surface area contributed by atoms with Crippen molar-refractivity contribution in [1.82, 2.24) is 4.57 Å². The number of methoxy groups -OCH3 is 1. The van der Waals surface area contributed by atoms with Crippen LogP contribution in [0.3, 0.4) is 0 Å². The van der Waals surface area contributed by atoms with E-state index in [1.165, 1.54) is 23.5 Å². The fourth-order valence-corrected chi connectivity index (χ4v) is 3.12. The summed E-state index contributed by atoms with van der Waals surface area (Å²) < 4.78 is 21.1. The number of thiazole rings is 1. The standard InChI is InChI=1S/C15H19FN2O2S/c1-3-4-5-14(19)17-15-18(8-9-20-2)12-7-6-11(16)10-13(12)21-15/h6-7,10H,3-5,8-9H2,1-2H3. The summed E-state index contributed by atoms with van der Waals surface area (Å²) in [5, 5.41) is 0. The predicted molar refractivity (Wildman–Crippen MR) is 81.7 cm³/mol. The highest BCUT2D eigenvalue weighted by molar-refractivity contribution is 7.16. The smallest absolute Gasteiger partial charge is 0.248 e. The molecule has 0 aliphatic rings. The van der Waals surface area contributed by atoms with Crippen LogP contribution in [0.15, 0.2) is 23.2 Å². The summed E-state index contributed by atoms with van der Waals surface area (Å²) >= 11 is 1.33. The molecule has 114 valence electrons. The van der Waals surface area contributed by atoms with Gasteiger partial charge < -0.3 is 9.30 Å². The van der Waals surface area contributed by atoms with Gasteiger partial charge in [-0.15, -0.1) is 0 Å². The largest absolute Gasteiger partial charge is 0.383 e. The number of ether oxygens (including phenoxy) is 1. The number of carbonyl (C=O) groups excluding carboxylic acids is 1. The van der Waals surface area contributed by atoms with E-state index in [4.69, 9.17) is 4.74 Å². The molecule has 0 fully saturated rings. The summed E-state index contributed by atoms with van der Waals surface area (Å²) in [5.41, 5.74) is 0.875. The molecule has 0 bridgehead atoms. The van der Waals surface area contributed by atoms with Crippen LogP contribution in [0.2, 0.25) is 0 Å². The Balaban J connectivity index is 2.45. The first-order valence-electron chi connectivity index (χ1n) is 7.01. The van der Waals surface area contributed by atoms with E-state index in [1.807, 2.05) is 11.5 Å². The summed E-state index contributed by atoms with van der Waals surface area (Å²) in [4.78, 5) is 16.6. The second kappa shape index (κ2) is 7.47. The van der Waals surface area contributed by atoms with E-state index in [0.29, 0.717) is 24.4 Å². The van der Waals surface area contributed by atoms with Crippen LogP contribution in [-0.2, 0) is 16.1 Å². The number of halogens is 1.